The molecule has 0 aliphatic heterocycles. The molecular formula is C15H10F2N2O2. The van der Waals surface area contributed by atoms with Crippen LogP contribution < -0.4 is 10.1 Å². The van der Waals surface area contributed by atoms with Crippen molar-refractivity contribution in [3.05, 3.63) is 59.2 Å². The van der Waals surface area contributed by atoms with E-state index in [4.69, 9.17) is 10.00 Å². The molecule has 0 saturated carbocycles. The van der Waals surface area contributed by atoms with Crippen molar-refractivity contribution in [3.8, 4) is 11.8 Å². The predicted octanol–water partition coefficient (Wildman–Crippen LogP) is 3.10. The summed E-state index contributed by atoms with van der Waals surface area (Å²) in [6, 6.07) is 8.89. The molecule has 1 N–H and O–H groups in total. The highest BCUT2D eigenvalue weighted by atomic mass is 19.1. The molecular weight excluding hydrogens is 278 g/mol. The molecule has 0 unspecified atom stereocenters. The van der Waals surface area contributed by atoms with Gasteiger partial charge in [0, 0.05) is 6.07 Å². The number of methoxy groups -OCH3 is 1. The molecule has 21 heavy (non-hydrogen) atoms. The summed E-state index contributed by atoms with van der Waals surface area (Å²) in [4.78, 5) is 12.0. The van der Waals surface area contributed by atoms with Gasteiger partial charge in [-0.1, -0.05) is 0 Å². The maximum atomic E-state index is 13.5. The Bertz CT molecular complexity index is 739. The van der Waals surface area contributed by atoms with Crippen LogP contribution in [0.2, 0.25) is 0 Å². The first-order valence-corrected chi connectivity index (χ1v) is 5.89. The van der Waals surface area contributed by atoms with Gasteiger partial charge in [0.05, 0.1) is 30.0 Å². The van der Waals surface area contributed by atoms with E-state index in [0.717, 1.165) is 18.2 Å². The van der Waals surface area contributed by atoms with E-state index in [1.807, 2.05) is 6.07 Å². The maximum absolute atomic E-state index is 13.5. The summed E-state index contributed by atoms with van der Waals surface area (Å²) in [6.45, 7) is 0. The van der Waals surface area contributed by atoms with Gasteiger partial charge in [-0.2, -0.15) is 5.26 Å². The van der Waals surface area contributed by atoms with Gasteiger partial charge in [-0.3, -0.25) is 4.79 Å². The number of nitrogens with one attached hydrogen (secondary N) is 1. The average Bonchev–Trinajstić information content (AvgIpc) is 2.49. The Morgan fingerprint density at radius 3 is 2.67 bits per heavy atom. The molecule has 0 bridgehead atoms. The predicted molar refractivity (Wildman–Crippen MR) is 72.0 cm³/mol. The van der Waals surface area contributed by atoms with E-state index < -0.39 is 23.1 Å². The molecule has 0 heterocycles. The number of nitriles is 1. The van der Waals surface area contributed by atoms with E-state index in [9.17, 15) is 13.6 Å². The van der Waals surface area contributed by atoms with Crippen LogP contribution in [0.15, 0.2) is 36.4 Å². The van der Waals surface area contributed by atoms with Crippen LogP contribution in [0.25, 0.3) is 0 Å². The summed E-state index contributed by atoms with van der Waals surface area (Å²) < 4.78 is 31.7. The van der Waals surface area contributed by atoms with E-state index in [1.54, 1.807) is 0 Å². The molecule has 0 aromatic heterocycles. The highest BCUT2D eigenvalue weighted by Crippen LogP contribution is 2.26. The first-order valence-electron chi connectivity index (χ1n) is 5.89. The van der Waals surface area contributed by atoms with E-state index in [2.05, 4.69) is 5.32 Å². The summed E-state index contributed by atoms with van der Waals surface area (Å²) in [5.41, 5.74) is 0.188. The molecule has 0 fully saturated rings. The molecule has 0 atom stereocenters. The van der Waals surface area contributed by atoms with Gasteiger partial charge in [-0.15, -0.1) is 0 Å². The van der Waals surface area contributed by atoms with Crippen LogP contribution in [0.5, 0.6) is 5.75 Å². The molecule has 6 heteroatoms. The quantitative estimate of drug-likeness (QED) is 0.944. The zero-order valence-electron chi connectivity index (χ0n) is 11.0. The number of rotatable bonds is 3. The van der Waals surface area contributed by atoms with Gasteiger partial charge in [0.1, 0.15) is 17.4 Å². The van der Waals surface area contributed by atoms with E-state index in [1.165, 1.54) is 25.3 Å². The van der Waals surface area contributed by atoms with Crippen molar-refractivity contribution in [2.45, 2.75) is 0 Å². The standard InChI is InChI=1S/C15H10F2N2O2/c1-21-14-6-9(8-18)2-5-13(14)19-15(20)11-7-10(16)3-4-12(11)17/h2-7H,1H3,(H,19,20). The van der Waals surface area contributed by atoms with Gasteiger partial charge < -0.3 is 10.1 Å². The monoisotopic (exact) mass is 288 g/mol. The molecule has 0 radical (unpaired) electrons. The first kappa shape index (κ1) is 14.5. The highest BCUT2D eigenvalue weighted by Gasteiger charge is 2.15. The molecule has 0 saturated heterocycles. The zero-order chi connectivity index (χ0) is 15.4. The lowest BCUT2D eigenvalue weighted by Crippen LogP contribution is -2.14. The molecule has 1 amide bonds. The second-order valence-electron chi connectivity index (χ2n) is 4.11. The van der Waals surface area contributed by atoms with Crippen molar-refractivity contribution in [1.82, 2.24) is 0 Å². The number of carbonyl (C=O) groups excluding carboxylic acids is 1. The second kappa shape index (κ2) is 6.01. The van der Waals surface area contributed by atoms with Crippen LogP contribution in [-0.4, -0.2) is 13.0 Å². The third-order valence-electron chi connectivity index (χ3n) is 2.75. The lowest BCUT2D eigenvalue weighted by molar-refractivity contribution is 0.102. The fourth-order valence-corrected chi connectivity index (χ4v) is 1.73. The third-order valence-corrected chi connectivity index (χ3v) is 2.75. The summed E-state index contributed by atoms with van der Waals surface area (Å²) in [5, 5.41) is 11.2. The SMILES string of the molecule is COc1cc(C#N)ccc1NC(=O)c1cc(F)ccc1F. The Balaban J connectivity index is 2.32. The minimum atomic E-state index is -0.832. The van der Waals surface area contributed by atoms with Crippen LogP contribution in [0.4, 0.5) is 14.5 Å². The van der Waals surface area contributed by atoms with Crippen LogP contribution in [-0.2, 0) is 0 Å². The van der Waals surface area contributed by atoms with Crippen molar-refractivity contribution in [2.75, 3.05) is 12.4 Å². The Morgan fingerprint density at radius 1 is 1.24 bits per heavy atom. The Kier molecular flexibility index (Phi) is 4.14. The number of amides is 1. The number of halogens is 2. The summed E-state index contributed by atoms with van der Waals surface area (Å²) >= 11 is 0. The zero-order valence-corrected chi connectivity index (χ0v) is 11.0. The summed E-state index contributed by atoms with van der Waals surface area (Å²) in [6.07, 6.45) is 0. The number of hydrogen-bond donors (Lipinski definition) is 1. The molecule has 0 spiro atoms. The minimum Gasteiger partial charge on any atom is -0.495 e. The largest absolute Gasteiger partial charge is 0.495 e. The number of carbonyl (C=O) groups is 1. The van der Waals surface area contributed by atoms with Gasteiger partial charge in [0.2, 0.25) is 0 Å². The van der Waals surface area contributed by atoms with Gasteiger partial charge >= 0.3 is 0 Å². The number of anilines is 1. The maximum Gasteiger partial charge on any atom is 0.258 e. The Hall–Kier alpha value is -2.94. The summed E-state index contributed by atoms with van der Waals surface area (Å²) in [5.74, 6) is -2.11. The number of nitrogens with zero attached hydrogens (tertiary/aromatic N) is 1. The normalized spacial score (nSPS) is 9.81. The first-order chi connectivity index (χ1) is 10.0. The molecule has 2 rings (SSSR count). The molecule has 4 nitrogen and oxygen atoms in total. The van der Waals surface area contributed by atoms with Crippen LogP contribution >= 0.6 is 0 Å². The summed E-state index contributed by atoms with van der Waals surface area (Å²) in [7, 11) is 1.37. The van der Waals surface area contributed by atoms with E-state index in [-0.39, 0.29) is 11.4 Å². The van der Waals surface area contributed by atoms with Gasteiger partial charge in [-0.05, 0) is 30.3 Å². The average molecular weight is 288 g/mol. The highest BCUT2D eigenvalue weighted by molar-refractivity contribution is 6.05. The van der Waals surface area contributed by atoms with Crippen molar-refractivity contribution in [2.24, 2.45) is 0 Å². The molecule has 0 aliphatic rings. The van der Waals surface area contributed by atoms with Crippen LogP contribution in [0, 0.1) is 23.0 Å². The number of benzene rings is 2. The van der Waals surface area contributed by atoms with E-state index in [0.29, 0.717) is 5.56 Å². The van der Waals surface area contributed by atoms with Gasteiger partial charge in [0.25, 0.3) is 5.91 Å². The lowest BCUT2D eigenvalue weighted by Gasteiger charge is -2.10. The van der Waals surface area contributed by atoms with Crippen LogP contribution in [0.3, 0.4) is 0 Å². The van der Waals surface area contributed by atoms with Gasteiger partial charge in [-0.25, -0.2) is 8.78 Å². The fourth-order valence-electron chi connectivity index (χ4n) is 1.73. The van der Waals surface area contributed by atoms with Crippen molar-refractivity contribution in [1.29, 1.82) is 5.26 Å². The smallest absolute Gasteiger partial charge is 0.258 e. The fraction of sp³-hybridized carbons (Fsp3) is 0.0667. The van der Waals surface area contributed by atoms with Crippen molar-refractivity contribution in [3.63, 3.8) is 0 Å². The number of ether oxygens (including phenoxy) is 1. The second-order valence-corrected chi connectivity index (χ2v) is 4.11. The number of hydrogen-bond acceptors (Lipinski definition) is 3. The Morgan fingerprint density at radius 2 is 2.00 bits per heavy atom. The molecule has 106 valence electrons. The van der Waals surface area contributed by atoms with Gasteiger partial charge in [0.15, 0.2) is 0 Å². The van der Waals surface area contributed by atoms with Crippen molar-refractivity contribution < 1.29 is 18.3 Å². The molecule has 0 aliphatic carbocycles. The van der Waals surface area contributed by atoms with E-state index >= 15 is 0 Å². The lowest BCUT2D eigenvalue weighted by atomic mass is 10.1. The Labute approximate surface area is 119 Å². The van der Waals surface area contributed by atoms with Crippen molar-refractivity contribution >= 4 is 11.6 Å². The minimum absolute atomic E-state index is 0.249. The third kappa shape index (κ3) is 3.15. The van der Waals surface area contributed by atoms with Crippen LogP contribution in [0.1, 0.15) is 15.9 Å². The molecule has 2 aromatic carbocycles. The topological polar surface area (TPSA) is 62.1 Å². The molecule has 2 aromatic rings.